The third kappa shape index (κ3) is 3.07. The Balaban J connectivity index is 2.90. The largest absolute Gasteiger partial charge is 0.469 e. The highest BCUT2D eigenvalue weighted by Crippen LogP contribution is 2.26. The van der Waals surface area contributed by atoms with Crippen molar-refractivity contribution < 1.29 is 14.6 Å². The number of hydrogen-bond acceptors (Lipinski definition) is 3. The summed E-state index contributed by atoms with van der Waals surface area (Å²) in [7, 11) is 1.32. The lowest BCUT2D eigenvalue weighted by Gasteiger charge is -2.16. The van der Waals surface area contributed by atoms with Crippen molar-refractivity contribution >= 4 is 5.97 Å². The van der Waals surface area contributed by atoms with Crippen LogP contribution in [-0.2, 0) is 9.53 Å². The van der Waals surface area contributed by atoms with E-state index < -0.39 is 12.1 Å². The average Bonchev–Trinajstić information content (AvgIpc) is 2.28. The first-order chi connectivity index (χ1) is 7.56. The molecule has 0 saturated heterocycles. The molecule has 1 aromatic carbocycles. The summed E-state index contributed by atoms with van der Waals surface area (Å²) in [6.45, 7) is 4.12. The van der Waals surface area contributed by atoms with Crippen LogP contribution in [0.1, 0.15) is 43.4 Å². The van der Waals surface area contributed by atoms with E-state index >= 15 is 0 Å². The van der Waals surface area contributed by atoms with Gasteiger partial charge in [-0.3, -0.25) is 4.79 Å². The predicted molar refractivity (Wildman–Crippen MR) is 62.1 cm³/mol. The number of benzene rings is 1. The smallest absolute Gasteiger partial charge is 0.308 e. The number of aliphatic hydroxyl groups is 1. The third-order valence-corrected chi connectivity index (χ3v) is 2.56. The van der Waals surface area contributed by atoms with Crippen molar-refractivity contribution in [1.29, 1.82) is 0 Å². The highest BCUT2D eigenvalue weighted by Gasteiger charge is 2.17. The Morgan fingerprint density at radius 1 is 1.31 bits per heavy atom. The van der Waals surface area contributed by atoms with Gasteiger partial charge in [0.05, 0.1) is 19.6 Å². The van der Waals surface area contributed by atoms with Gasteiger partial charge in [0.15, 0.2) is 0 Å². The molecule has 0 aliphatic carbocycles. The molecule has 3 heteroatoms. The third-order valence-electron chi connectivity index (χ3n) is 2.56. The maximum atomic E-state index is 11.1. The molecule has 0 radical (unpaired) electrons. The normalized spacial score (nSPS) is 12.6. The molecule has 0 unspecified atom stereocenters. The molecule has 0 aliphatic rings. The fraction of sp³-hybridized carbons (Fsp3) is 0.462. The topological polar surface area (TPSA) is 46.5 Å². The number of carbonyl (C=O) groups is 1. The van der Waals surface area contributed by atoms with E-state index in [1.165, 1.54) is 7.11 Å². The van der Waals surface area contributed by atoms with E-state index in [9.17, 15) is 9.90 Å². The molecule has 0 spiro atoms. The molecule has 1 rings (SSSR count). The Labute approximate surface area is 96.1 Å². The van der Waals surface area contributed by atoms with Gasteiger partial charge in [-0.1, -0.05) is 38.1 Å². The highest BCUT2D eigenvalue weighted by atomic mass is 16.5. The Hall–Kier alpha value is -1.35. The van der Waals surface area contributed by atoms with Crippen LogP contribution in [0.15, 0.2) is 24.3 Å². The van der Waals surface area contributed by atoms with Gasteiger partial charge in [0.25, 0.3) is 0 Å². The summed E-state index contributed by atoms with van der Waals surface area (Å²) < 4.78 is 4.54. The fourth-order valence-corrected chi connectivity index (χ4v) is 1.69. The van der Waals surface area contributed by atoms with Crippen molar-refractivity contribution in [3.63, 3.8) is 0 Å². The first kappa shape index (κ1) is 12.7. The number of ether oxygens (including phenoxy) is 1. The average molecular weight is 222 g/mol. The fourth-order valence-electron chi connectivity index (χ4n) is 1.69. The van der Waals surface area contributed by atoms with Crippen molar-refractivity contribution in [3.8, 4) is 0 Å². The second kappa shape index (κ2) is 5.66. The first-order valence-corrected chi connectivity index (χ1v) is 5.40. The molecule has 1 N–H and O–H groups in total. The van der Waals surface area contributed by atoms with Gasteiger partial charge in [0.1, 0.15) is 0 Å². The molecule has 16 heavy (non-hydrogen) atoms. The lowest BCUT2D eigenvalue weighted by Crippen LogP contribution is -2.10. The van der Waals surface area contributed by atoms with Crippen LogP contribution in [-0.4, -0.2) is 18.2 Å². The summed E-state index contributed by atoms with van der Waals surface area (Å²) in [6, 6.07) is 7.62. The monoisotopic (exact) mass is 222 g/mol. The van der Waals surface area contributed by atoms with E-state index in [2.05, 4.69) is 18.6 Å². The molecule has 0 aromatic heterocycles. The molecule has 0 heterocycles. The lowest BCUT2D eigenvalue weighted by molar-refractivity contribution is -0.142. The first-order valence-electron chi connectivity index (χ1n) is 5.40. The van der Waals surface area contributed by atoms with Gasteiger partial charge in [0.2, 0.25) is 0 Å². The summed E-state index contributed by atoms with van der Waals surface area (Å²) >= 11 is 0. The molecule has 0 bridgehead atoms. The van der Waals surface area contributed by atoms with Crippen molar-refractivity contribution in [3.05, 3.63) is 35.4 Å². The van der Waals surface area contributed by atoms with Gasteiger partial charge in [-0.15, -0.1) is 0 Å². The number of methoxy groups -OCH3 is 1. The number of esters is 1. The molecule has 0 saturated carbocycles. The van der Waals surface area contributed by atoms with E-state index in [-0.39, 0.29) is 6.42 Å². The van der Waals surface area contributed by atoms with Crippen LogP contribution in [0.25, 0.3) is 0 Å². The zero-order valence-corrected chi connectivity index (χ0v) is 9.93. The second-order valence-corrected chi connectivity index (χ2v) is 4.08. The zero-order valence-electron chi connectivity index (χ0n) is 9.93. The van der Waals surface area contributed by atoms with Gasteiger partial charge in [-0.2, -0.15) is 0 Å². The molecule has 1 atom stereocenters. The van der Waals surface area contributed by atoms with Crippen LogP contribution in [0.4, 0.5) is 0 Å². The summed E-state index contributed by atoms with van der Waals surface area (Å²) in [5.74, 6) is -0.0745. The molecule has 0 amide bonds. The van der Waals surface area contributed by atoms with Crippen molar-refractivity contribution in [2.45, 2.75) is 32.3 Å². The van der Waals surface area contributed by atoms with E-state index in [0.29, 0.717) is 5.92 Å². The Morgan fingerprint density at radius 2 is 1.88 bits per heavy atom. The van der Waals surface area contributed by atoms with E-state index in [0.717, 1.165) is 11.1 Å². The van der Waals surface area contributed by atoms with Crippen LogP contribution < -0.4 is 0 Å². The molecular formula is C13H18O3. The van der Waals surface area contributed by atoms with E-state index in [1.54, 1.807) is 0 Å². The Kier molecular flexibility index (Phi) is 4.50. The number of rotatable bonds is 4. The van der Waals surface area contributed by atoms with E-state index in [1.807, 2.05) is 24.3 Å². The lowest BCUT2D eigenvalue weighted by atomic mass is 9.93. The van der Waals surface area contributed by atoms with Crippen molar-refractivity contribution in [1.82, 2.24) is 0 Å². The number of carbonyl (C=O) groups excluding carboxylic acids is 1. The van der Waals surface area contributed by atoms with Crippen LogP contribution in [0.2, 0.25) is 0 Å². The number of aliphatic hydroxyl groups excluding tert-OH is 1. The highest BCUT2D eigenvalue weighted by molar-refractivity contribution is 5.70. The molecule has 88 valence electrons. The van der Waals surface area contributed by atoms with Crippen LogP contribution in [0, 0.1) is 0 Å². The SMILES string of the molecule is COC(=O)C[C@H](O)c1ccccc1C(C)C. The van der Waals surface area contributed by atoms with Gasteiger partial charge in [-0.25, -0.2) is 0 Å². The maximum absolute atomic E-state index is 11.1. The second-order valence-electron chi connectivity index (χ2n) is 4.08. The molecule has 1 aromatic rings. The zero-order chi connectivity index (χ0) is 12.1. The van der Waals surface area contributed by atoms with Crippen LogP contribution >= 0.6 is 0 Å². The van der Waals surface area contributed by atoms with E-state index in [4.69, 9.17) is 0 Å². The van der Waals surface area contributed by atoms with Gasteiger partial charge < -0.3 is 9.84 Å². The summed E-state index contributed by atoms with van der Waals surface area (Å²) in [5, 5.41) is 9.95. The van der Waals surface area contributed by atoms with Gasteiger partial charge >= 0.3 is 5.97 Å². The van der Waals surface area contributed by atoms with Gasteiger partial charge in [-0.05, 0) is 17.0 Å². The van der Waals surface area contributed by atoms with Crippen molar-refractivity contribution in [2.24, 2.45) is 0 Å². The minimum absolute atomic E-state index is 0.000231. The molecular weight excluding hydrogens is 204 g/mol. The van der Waals surface area contributed by atoms with Crippen LogP contribution in [0.5, 0.6) is 0 Å². The predicted octanol–water partition coefficient (Wildman–Crippen LogP) is 2.41. The molecule has 3 nitrogen and oxygen atoms in total. The molecule has 0 fully saturated rings. The minimum Gasteiger partial charge on any atom is -0.469 e. The van der Waals surface area contributed by atoms with Crippen LogP contribution in [0.3, 0.4) is 0 Å². The minimum atomic E-state index is -0.786. The summed E-state index contributed by atoms with van der Waals surface area (Å²) in [6.07, 6.45) is -0.786. The van der Waals surface area contributed by atoms with Crippen molar-refractivity contribution in [2.75, 3.05) is 7.11 Å². The summed E-state index contributed by atoms with van der Waals surface area (Å²) in [5.41, 5.74) is 1.88. The standard InChI is InChI=1S/C13H18O3/c1-9(2)10-6-4-5-7-11(10)12(14)8-13(15)16-3/h4-7,9,12,14H,8H2,1-3H3/t12-/m0/s1. The molecule has 0 aliphatic heterocycles. The number of hydrogen-bond donors (Lipinski definition) is 1. The summed E-state index contributed by atoms with van der Waals surface area (Å²) in [4.78, 5) is 11.1. The van der Waals surface area contributed by atoms with Gasteiger partial charge in [0, 0.05) is 0 Å². The maximum Gasteiger partial charge on any atom is 0.308 e. The Morgan fingerprint density at radius 3 is 2.38 bits per heavy atom. The Bertz CT molecular complexity index is 358. The quantitative estimate of drug-likeness (QED) is 0.796.